The van der Waals surface area contributed by atoms with E-state index in [-0.39, 0.29) is 11.8 Å². The SMILES string of the molecule is COc1ccccc1CCNC(=O)C1(C(=O)NCCCc2ccccc2)CC1. The van der Waals surface area contributed by atoms with Gasteiger partial charge in [-0.25, -0.2) is 0 Å². The molecule has 0 saturated heterocycles. The van der Waals surface area contributed by atoms with Gasteiger partial charge in [0.15, 0.2) is 0 Å². The first-order chi connectivity index (χ1) is 13.7. The van der Waals surface area contributed by atoms with Crippen molar-refractivity contribution >= 4 is 11.8 Å². The Morgan fingerprint density at radius 3 is 2.21 bits per heavy atom. The van der Waals surface area contributed by atoms with Gasteiger partial charge in [0.05, 0.1) is 7.11 Å². The van der Waals surface area contributed by atoms with Gasteiger partial charge in [0, 0.05) is 13.1 Å². The fraction of sp³-hybridized carbons (Fsp3) is 0.391. The van der Waals surface area contributed by atoms with Crippen LogP contribution in [0.4, 0.5) is 0 Å². The van der Waals surface area contributed by atoms with Gasteiger partial charge in [-0.1, -0.05) is 48.5 Å². The zero-order valence-electron chi connectivity index (χ0n) is 16.4. The van der Waals surface area contributed by atoms with Crippen LogP contribution in [-0.4, -0.2) is 32.0 Å². The number of amides is 2. The lowest BCUT2D eigenvalue weighted by Gasteiger charge is -2.16. The van der Waals surface area contributed by atoms with Crippen molar-refractivity contribution in [2.24, 2.45) is 5.41 Å². The molecule has 5 nitrogen and oxygen atoms in total. The van der Waals surface area contributed by atoms with E-state index in [2.05, 4.69) is 22.8 Å². The Bertz CT molecular complexity index is 801. The summed E-state index contributed by atoms with van der Waals surface area (Å²) in [4.78, 5) is 25.1. The fourth-order valence-electron chi connectivity index (χ4n) is 3.38. The van der Waals surface area contributed by atoms with E-state index in [1.807, 2.05) is 42.5 Å². The molecule has 2 amide bonds. The van der Waals surface area contributed by atoms with E-state index in [0.29, 0.717) is 32.4 Å². The molecule has 0 radical (unpaired) electrons. The summed E-state index contributed by atoms with van der Waals surface area (Å²) in [6.45, 7) is 1.08. The maximum absolute atomic E-state index is 12.6. The number of aryl methyl sites for hydroxylation is 1. The molecule has 2 aromatic rings. The summed E-state index contributed by atoms with van der Waals surface area (Å²) in [5.74, 6) is 0.507. The quantitative estimate of drug-likeness (QED) is 0.492. The number of hydrogen-bond donors (Lipinski definition) is 2. The van der Waals surface area contributed by atoms with Crippen molar-refractivity contribution in [2.45, 2.75) is 32.1 Å². The van der Waals surface area contributed by atoms with Gasteiger partial charge in [-0.2, -0.15) is 0 Å². The number of ether oxygens (including phenoxy) is 1. The molecule has 2 aromatic carbocycles. The van der Waals surface area contributed by atoms with Crippen LogP contribution in [0.25, 0.3) is 0 Å². The summed E-state index contributed by atoms with van der Waals surface area (Å²) in [5.41, 5.74) is 1.43. The molecule has 0 bridgehead atoms. The summed E-state index contributed by atoms with van der Waals surface area (Å²) in [6, 6.07) is 17.9. The van der Waals surface area contributed by atoms with Crippen LogP contribution in [0.3, 0.4) is 0 Å². The second-order valence-electron chi connectivity index (χ2n) is 7.24. The molecule has 1 aliphatic carbocycles. The Balaban J connectivity index is 1.41. The van der Waals surface area contributed by atoms with Crippen LogP contribution in [0, 0.1) is 5.41 Å². The van der Waals surface area contributed by atoms with E-state index < -0.39 is 5.41 Å². The monoisotopic (exact) mass is 380 g/mol. The first-order valence-electron chi connectivity index (χ1n) is 9.88. The third-order valence-corrected chi connectivity index (χ3v) is 5.26. The summed E-state index contributed by atoms with van der Waals surface area (Å²) in [5, 5.41) is 5.87. The van der Waals surface area contributed by atoms with Crippen molar-refractivity contribution in [1.82, 2.24) is 10.6 Å². The number of methoxy groups -OCH3 is 1. The van der Waals surface area contributed by atoms with Crippen LogP contribution in [-0.2, 0) is 22.4 Å². The summed E-state index contributed by atoms with van der Waals surface area (Å²) in [7, 11) is 1.64. The second-order valence-corrected chi connectivity index (χ2v) is 7.24. The van der Waals surface area contributed by atoms with Crippen LogP contribution in [0.5, 0.6) is 5.75 Å². The highest BCUT2D eigenvalue weighted by Gasteiger charge is 2.56. The number of carbonyl (C=O) groups excluding carboxylic acids is 2. The normalized spacial score (nSPS) is 14.2. The van der Waals surface area contributed by atoms with Crippen LogP contribution in [0.2, 0.25) is 0 Å². The lowest BCUT2D eigenvalue weighted by molar-refractivity contribution is -0.137. The maximum Gasteiger partial charge on any atom is 0.235 e. The molecule has 0 spiro atoms. The molecule has 0 aliphatic heterocycles. The molecule has 1 saturated carbocycles. The predicted octanol–water partition coefficient (Wildman–Crippen LogP) is 2.88. The number of benzene rings is 2. The fourth-order valence-corrected chi connectivity index (χ4v) is 3.38. The van der Waals surface area contributed by atoms with Gasteiger partial charge in [-0.05, 0) is 49.3 Å². The van der Waals surface area contributed by atoms with Crippen molar-refractivity contribution in [3.63, 3.8) is 0 Å². The van der Waals surface area contributed by atoms with Gasteiger partial charge in [-0.15, -0.1) is 0 Å². The van der Waals surface area contributed by atoms with E-state index in [1.54, 1.807) is 7.11 Å². The van der Waals surface area contributed by atoms with Crippen LogP contribution >= 0.6 is 0 Å². The van der Waals surface area contributed by atoms with E-state index in [0.717, 1.165) is 24.2 Å². The Morgan fingerprint density at radius 2 is 1.54 bits per heavy atom. The summed E-state index contributed by atoms with van der Waals surface area (Å²) < 4.78 is 5.33. The van der Waals surface area contributed by atoms with Crippen LogP contribution in [0.15, 0.2) is 54.6 Å². The van der Waals surface area contributed by atoms with Gasteiger partial charge in [0.2, 0.25) is 11.8 Å². The molecule has 0 aromatic heterocycles. The average Bonchev–Trinajstić information content (AvgIpc) is 3.54. The summed E-state index contributed by atoms with van der Waals surface area (Å²) >= 11 is 0. The minimum absolute atomic E-state index is 0.143. The standard InChI is InChI=1S/C23H28N2O3/c1-28-20-12-6-5-11-19(20)13-17-25-22(27)23(14-15-23)21(26)24-16-7-10-18-8-3-2-4-9-18/h2-6,8-9,11-12H,7,10,13-17H2,1H3,(H,24,26)(H,25,27). The highest BCUT2D eigenvalue weighted by molar-refractivity contribution is 6.07. The van der Waals surface area contributed by atoms with Crippen molar-refractivity contribution < 1.29 is 14.3 Å². The van der Waals surface area contributed by atoms with Gasteiger partial charge in [-0.3, -0.25) is 9.59 Å². The Morgan fingerprint density at radius 1 is 0.893 bits per heavy atom. The molecule has 0 heterocycles. The predicted molar refractivity (Wildman–Crippen MR) is 109 cm³/mol. The number of nitrogens with one attached hydrogen (secondary N) is 2. The van der Waals surface area contributed by atoms with Gasteiger partial charge in [0.25, 0.3) is 0 Å². The number of rotatable bonds is 10. The Labute approximate surface area is 166 Å². The number of para-hydroxylation sites is 1. The lowest BCUT2D eigenvalue weighted by Crippen LogP contribution is -2.43. The molecule has 1 fully saturated rings. The topological polar surface area (TPSA) is 67.4 Å². The first kappa shape index (κ1) is 19.9. The third kappa shape index (κ3) is 4.91. The van der Waals surface area contributed by atoms with E-state index in [4.69, 9.17) is 4.74 Å². The van der Waals surface area contributed by atoms with Crippen LogP contribution in [0.1, 0.15) is 30.4 Å². The molecule has 1 aliphatic rings. The molecular formula is C23H28N2O3. The molecule has 0 unspecified atom stereocenters. The van der Waals surface area contributed by atoms with Gasteiger partial charge >= 0.3 is 0 Å². The molecule has 3 rings (SSSR count). The highest BCUT2D eigenvalue weighted by Crippen LogP contribution is 2.46. The molecule has 0 atom stereocenters. The molecular weight excluding hydrogens is 352 g/mol. The summed E-state index contributed by atoms with van der Waals surface area (Å²) in [6.07, 6.45) is 3.70. The zero-order chi connectivity index (χ0) is 19.8. The highest BCUT2D eigenvalue weighted by atomic mass is 16.5. The van der Waals surface area contributed by atoms with Crippen molar-refractivity contribution in [2.75, 3.05) is 20.2 Å². The lowest BCUT2D eigenvalue weighted by atomic mass is 10.0. The van der Waals surface area contributed by atoms with E-state index in [9.17, 15) is 9.59 Å². The molecule has 5 heteroatoms. The smallest absolute Gasteiger partial charge is 0.235 e. The Kier molecular flexibility index (Phi) is 6.69. The van der Waals surface area contributed by atoms with Crippen molar-refractivity contribution in [1.29, 1.82) is 0 Å². The first-order valence-corrected chi connectivity index (χ1v) is 9.88. The third-order valence-electron chi connectivity index (χ3n) is 5.26. The van der Waals surface area contributed by atoms with Crippen molar-refractivity contribution in [3.8, 4) is 5.75 Å². The average molecular weight is 380 g/mol. The van der Waals surface area contributed by atoms with Crippen molar-refractivity contribution in [3.05, 3.63) is 65.7 Å². The van der Waals surface area contributed by atoms with Gasteiger partial charge < -0.3 is 15.4 Å². The largest absolute Gasteiger partial charge is 0.496 e. The molecule has 148 valence electrons. The zero-order valence-corrected chi connectivity index (χ0v) is 16.4. The van der Waals surface area contributed by atoms with Gasteiger partial charge in [0.1, 0.15) is 11.2 Å². The molecule has 28 heavy (non-hydrogen) atoms. The molecule has 2 N–H and O–H groups in total. The maximum atomic E-state index is 12.6. The minimum Gasteiger partial charge on any atom is -0.496 e. The van der Waals surface area contributed by atoms with E-state index >= 15 is 0 Å². The Hall–Kier alpha value is -2.82. The van der Waals surface area contributed by atoms with E-state index in [1.165, 1.54) is 5.56 Å². The van der Waals surface area contributed by atoms with Crippen LogP contribution < -0.4 is 15.4 Å². The number of hydrogen-bond acceptors (Lipinski definition) is 3. The minimum atomic E-state index is -0.868. The second kappa shape index (κ2) is 9.40. The number of carbonyl (C=O) groups is 2.